The zero-order chi connectivity index (χ0) is 23.9. The average Bonchev–Trinajstić information content (AvgIpc) is 3.33. The number of oxazole rings is 1. The summed E-state index contributed by atoms with van der Waals surface area (Å²) >= 11 is 0. The van der Waals surface area contributed by atoms with Crippen molar-refractivity contribution in [1.29, 1.82) is 0 Å². The quantitative estimate of drug-likeness (QED) is 0.355. The lowest BCUT2D eigenvalue weighted by Gasteiger charge is -2.20. The predicted octanol–water partition coefficient (Wildman–Crippen LogP) is 5.51. The molecule has 1 amide bonds. The summed E-state index contributed by atoms with van der Waals surface area (Å²) in [4.78, 5) is 30.7. The molecule has 4 rings (SSSR count). The van der Waals surface area contributed by atoms with Crippen LogP contribution in [0.25, 0.3) is 22.8 Å². The van der Waals surface area contributed by atoms with Crippen molar-refractivity contribution < 1.29 is 18.7 Å². The van der Waals surface area contributed by atoms with Crippen LogP contribution < -0.4 is 5.32 Å². The molecule has 4 aromatic rings. The number of amides is 1. The first-order chi connectivity index (χ1) is 16.5. The molecule has 0 unspecified atom stereocenters. The highest BCUT2D eigenvalue weighted by Crippen LogP contribution is 2.30. The number of nitrogens with one attached hydrogen (secondary N) is 1. The summed E-state index contributed by atoms with van der Waals surface area (Å²) in [5, 5.41) is 2.81. The van der Waals surface area contributed by atoms with Crippen LogP contribution in [0.1, 0.15) is 29.9 Å². The van der Waals surface area contributed by atoms with Gasteiger partial charge in [-0.3, -0.25) is 4.79 Å². The summed E-state index contributed by atoms with van der Waals surface area (Å²) < 4.78 is 11.5. The zero-order valence-corrected chi connectivity index (χ0v) is 19.1. The molecule has 0 fully saturated rings. The summed E-state index contributed by atoms with van der Waals surface area (Å²) in [5.74, 6) is -0.511. The van der Waals surface area contributed by atoms with Gasteiger partial charge in [-0.25, -0.2) is 9.78 Å². The Morgan fingerprint density at radius 1 is 0.853 bits per heavy atom. The molecule has 0 spiro atoms. The summed E-state index contributed by atoms with van der Waals surface area (Å²) in [7, 11) is 0. The van der Waals surface area contributed by atoms with E-state index >= 15 is 0 Å². The molecule has 1 atom stereocenters. The Morgan fingerprint density at radius 3 is 2.00 bits per heavy atom. The Balaban J connectivity index is 1.59. The molecular weight excluding hydrogens is 428 g/mol. The minimum Gasteiger partial charge on any atom is -0.459 e. The number of rotatable bonds is 8. The summed E-state index contributed by atoms with van der Waals surface area (Å²) in [6.07, 6.45) is 0. The lowest BCUT2D eigenvalue weighted by molar-refractivity contribution is -0.148. The number of aromatic nitrogens is 1. The third kappa shape index (κ3) is 5.41. The third-order valence-electron chi connectivity index (χ3n) is 5.33. The van der Waals surface area contributed by atoms with Gasteiger partial charge in [-0.05, 0) is 23.6 Å². The molecule has 0 aliphatic heterocycles. The molecule has 0 aliphatic rings. The van der Waals surface area contributed by atoms with Gasteiger partial charge in [-0.15, -0.1) is 0 Å². The second kappa shape index (κ2) is 10.6. The molecular formula is C28H26N2O4. The fourth-order valence-electron chi connectivity index (χ4n) is 3.49. The number of carbonyl (C=O) groups excluding carboxylic acids is 2. The molecule has 1 heterocycles. The third-order valence-corrected chi connectivity index (χ3v) is 5.33. The molecule has 1 aromatic heterocycles. The molecule has 0 radical (unpaired) electrons. The number of hydrogen-bond donors (Lipinski definition) is 1. The van der Waals surface area contributed by atoms with Crippen LogP contribution in [-0.2, 0) is 16.1 Å². The number of ether oxygens (including phenoxy) is 1. The normalized spacial score (nSPS) is 11.7. The maximum Gasteiger partial charge on any atom is 0.329 e. The number of benzene rings is 3. The van der Waals surface area contributed by atoms with Crippen molar-refractivity contribution in [3.63, 3.8) is 0 Å². The lowest BCUT2D eigenvalue weighted by Crippen LogP contribution is -2.45. The number of nitrogens with zero attached hydrogens (tertiary/aromatic N) is 1. The van der Waals surface area contributed by atoms with Crippen molar-refractivity contribution in [1.82, 2.24) is 10.3 Å². The first kappa shape index (κ1) is 23.0. The van der Waals surface area contributed by atoms with Crippen molar-refractivity contribution in [2.45, 2.75) is 26.5 Å². The zero-order valence-electron chi connectivity index (χ0n) is 19.1. The van der Waals surface area contributed by atoms with E-state index in [1.165, 1.54) is 0 Å². The first-order valence-corrected chi connectivity index (χ1v) is 11.2. The Hall–Kier alpha value is -4.19. The van der Waals surface area contributed by atoms with Crippen LogP contribution in [0.15, 0.2) is 95.4 Å². The first-order valence-electron chi connectivity index (χ1n) is 11.2. The van der Waals surface area contributed by atoms with Gasteiger partial charge in [0.25, 0.3) is 5.91 Å². The maximum atomic E-state index is 13.3. The molecule has 1 N–H and O–H groups in total. The maximum absolute atomic E-state index is 13.3. The lowest BCUT2D eigenvalue weighted by atomic mass is 10.0. The fourth-order valence-corrected chi connectivity index (χ4v) is 3.49. The summed E-state index contributed by atoms with van der Waals surface area (Å²) in [6, 6.07) is 27.2. The van der Waals surface area contributed by atoms with E-state index in [9.17, 15) is 9.59 Å². The second-order valence-electron chi connectivity index (χ2n) is 8.22. The smallest absolute Gasteiger partial charge is 0.329 e. The molecule has 0 saturated heterocycles. The van der Waals surface area contributed by atoms with Crippen molar-refractivity contribution in [3.8, 4) is 22.8 Å². The van der Waals surface area contributed by atoms with E-state index < -0.39 is 17.9 Å². The average molecular weight is 455 g/mol. The Kier molecular flexibility index (Phi) is 7.18. The van der Waals surface area contributed by atoms with Crippen molar-refractivity contribution in [2.24, 2.45) is 5.92 Å². The highest BCUT2D eigenvalue weighted by Gasteiger charge is 2.30. The van der Waals surface area contributed by atoms with Gasteiger partial charge in [0.05, 0.1) is 0 Å². The summed E-state index contributed by atoms with van der Waals surface area (Å²) in [5.41, 5.74) is 2.46. The number of carbonyl (C=O) groups is 2. The standard InChI is InChI=1S/C28H26N2O4/c1-19(2)23(28(32)33-18-20-12-6-3-7-13-20)29-26(31)24-25(21-14-8-4-9-15-21)34-27(30-24)22-16-10-5-11-17-22/h3-17,19,23H,18H2,1-2H3,(H,29,31)/t23-/m0/s1. The van der Waals surface area contributed by atoms with Gasteiger partial charge in [0.2, 0.25) is 5.89 Å². The van der Waals surface area contributed by atoms with E-state index in [1.807, 2.05) is 105 Å². The largest absolute Gasteiger partial charge is 0.459 e. The fraction of sp³-hybridized carbons (Fsp3) is 0.179. The molecule has 172 valence electrons. The molecule has 0 aliphatic carbocycles. The predicted molar refractivity (Wildman–Crippen MR) is 130 cm³/mol. The minimum absolute atomic E-state index is 0.117. The van der Waals surface area contributed by atoms with Crippen molar-refractivity contribution >= 4 is 11.9 Å². The monoisotopic (exact) mass is 454 g/mol. The van der Waals surface area contributed by atoms with Crippen LogP contribution in [-0.4, -0.2) is 22.9 Å². The van der Waals surface area contributed by atoms with Crippen LogP contribution in [0, 0.1) is 5.92 Å². The van der Waals surface area contributed by atoms with Gasteiger partial charge >= 0.3 is 5.97 Å². The van der Waals surface area contributed by atoms with Gasteiger partial charge in [0, 0.05) is 11.1 Å². The van der Waals surface area contributed by atoms with Crippen molar-refractivity contribution in [3.05, 3.63) is 102 Å². The van der Waals surface area contributed by atoms with E-state index in [0.717, 1.165) is 16.7 Å². The molecule has 6 nitrogen and oxygen atoms in total. The summed E-state index contributed by atoms with van der Waals surface area (Å²) in [6.45, 7) is 3.84. The highest BCUT2D eigenvalue weighted by molar-refractivity contribution is 6.00. The van der Waals surface area contributed by atoms with Crippen LogP contribution in [0.2, 0.25) is 0 Å². The second-order valence-corrected chi connectivity index (χ2v) is 8.22. The van der Waals surface area contributed by atoms with Gasteiger partial charge in [-0.2, -0.15) is 0 Å². The van der Waals surface area contributed by atoms with E-state index in [2.05, 4.69) is 10.3 Å². The topological polar surface area (TPSA) is 81.4 Å². The van der Waals surface area contributed by atoms with E-state index in [4.69, 9.17) is 9.15 Å². The molecule has 34 heavy (non-hydrogen) atoms. The Bertz CT molecular complexity index is 1240. The molecule has 3 aromatic carbocycles. The molecule has 6 heteroatoms. The van der Waals surface area contributed by atoms with E-state index in [1.54, 1.807) is 0 Å². The van der Waals surface area contributed by atoms with Crippen LogP contribution in [0.5, 0.6) is 0 Å². The van der Waals surface area contributed by atoms with E-state index in [0.29, 0.717) is 11.7 Å². The molecule has 0 saturated carbocycles. The van der Waals surface area contributed by atoms with Gasteiger partial charge in [-0.1, -0.05) is 92.7 Å². The Morgan fingerprint density at radius 2 is 1.41 bits per heavy atom. The number of hydrogen-bond acceptors (Lipinski definition) is 5. The SMILES string of the molecule is CC(C)[C@H](NC(=O)c1nc(-c2ccccc2)oc1-c1ccccc1)C(=O)OCc1ccccc1. The van der Waals surface area contributed by atoms with Crippen LogP contribution in [0.4, 0.5) is 0 Å². The number of esters is 1. The van der Waals surface area contributed by atoms with Crippen molar-refractivity contribution in [2.75, 3.05) is 0 Å². The van der Waals surface area contributed by atoms with Gasteiger partial charge in [0.15, 0.2) is 11.5 Å². The van der Waals surface area contributed by atoms with Gasteiger partial charge < -0.3 is 14.5 Å². The van der Waals surface area contributed by atoms with Crippen LogP contribution in [0.3, 0.4) is 0 Å². The van der Waals surface area contributed by atoms with E-state index in [-0.39, 0.29) is 18.2 Å². The Labute approximate surface area is 198 Å². The molecule has 0 bridgehead atoms. The minimum atomic E-state index is -0.836. The van der Waals surface area contributed by atoms with Gasteiger partial charge in [0.1, 0.15) is 12.6 Å². The van der Waals surface area contributed by atoms with Crippen LogP contribution >= 0.6 is 0 Å². The highest BCUT2D eigenvalue weighted by atomic mass is 16.5.